The van der Waals surface area contributed by atoms with Gasteiger partial charge in [-0.15, -0.1) is 0 Å². The zero-order chi connectivity index (χ0) is 19.0. The van der Waals surface area contributed by atoms with Crippen molar-refractivity contribution in [2.24, 2.45) is 4.99 Å². The second kappa shape index (κ2) is 7.95. The Labute approximate surface area is 168 Å². The minimum Gasteiger partial charge on any atom is -0.370 e. The predicted octanol–water partition coefficient (Wildman–Crippen LogP) is 4.99. The summed E-state index contributed by atoms with van der Waals surface area (Å²) in [5.41, 5.74) is 4.42. The number of ether oxygens (including phenoxy) is 1. The monoisotopic (exact) mass is 402 g/mol. The molecule has 4 aliphatic rings. The second-order valence-corrected chi connectivity index (χ2v) is 9.22. The average molecular weight is 403 g/mol. The molecule has 27 heavy (non-hydrogen) atoms. The molecule has 0 spiro atoms. The van der Waals surface area contributed by atoms with Gasteiger partial charge in [0.25, 0.3) is 0 Å². The summed E-state index contributed by atoms with van der Waals surface area (Å²) in [5.74, 6) is -0.168. The van der Waals surface area contributed by atoms with Crippen molar-refractivity contribution in [1.29, 1.82) is 0 Å². The third-order valence-electron chi connectivity index (χ3n) is 4.77. The first kappa shape index (κ1) is 19.0. The molecule has 0 aromatic heterocycles. The maximum absolute atomic E-state index is 14.7. The third kappa shape index (κ3) is 3.94. The van der Waals surface area contributed by atoms with Crippen molar-refractivity contribution in [2.75, 3.05) is 33.8 Å². The molecule has 0 N–H and O–H groups in total. The van der Waals surface area contributed by atoms with Gasteiger partial charge in [-0.3, -0.25) is 4.99 Å². The van der Waals surface area contributed by atoms with Crippen LogP contribution in [0.3, 0.4) is 0 Å². The number of halogens is 1. The van der Waals surface area contributed by atoms with E-state index >= 15 is 0 Å². The van der Waals surface area contributed by atoms with Crippen molar-refractivity contribution in [3.63, 3.8) is 0 Å². The minimum absolute atomic E-state index is 0.130. The number of fused-ring (bicyclic) bond motifs is 3. The SMILES string of the molecule is CC(CN(C)C)OCC1=NCC2=C(F)C=CC3=C4SC=CC=C4CC3=C2S1. The van der Waals surface area contributed by atoms with Crippen molar-refractivity contribution in [2.45, 2.75) is 19.4 Å². The molecule has 4 rings (SSSR count). The number of rotatable bonds is 5. The molecule has 0 saturated carbocycles. The van der Waals surface area contributed by atoms with E-state index in [1.807, 2.05) is 20.2 Å². The summed E-state index contributed by atoms with van der Waals surface area (Å²) < 4.78 is 20.6. The van der Waals surface area contributed by atoms with E-state index in [0.29, 0.717) is 18.7 Å². The van der Waals surface area contributed by atoms with Crippen molar-refractivity contribution in [3.8, 4) is 0 Å². The number of hydrogen-bond donors (Lipinski definition) is 0. The van der Waals surface area contributed by atoms with Crippen molar-refractivity contribution >= 4 is 28.6 Å². The summed E-state index contributed by atoms with van der Waals surface area (Å²) in [6.07, 6.45) is 8.78. The maximum atomic E-state index is 14.7. The van der Waals surface area contributed by atoms with Crippen LogP contribution in [0.5, 0.6) is 0 Å². The van der Waals surface area contributed by atoms with Gasteiger partial charge in [-0.05, 0) is 49.2 Å². The van der Waals surface area contributed by atoms with Crippen LogP contribution in [0.4, 0.5) is 4.39 Å². The van der Waals surface area contributed by atoms with Crippen molar-refractivity contribution < 1.29 is 9.13 Å². The van der Waals surface area contributed by atoms with Crippen LogP contribution >= 0.6 is 23.5 Å². The van der Waals surface area contributed by atoms with Crippen LogP contribution in [0.15, 0.2) is 72.6 Å². The Balaban J connectivity index is 1.60. The first-order valence-corrected chi connectivity index (χ1v) is 10.8. The van der Waals surface area contributed by atoms with E-state index < -0.39 is 0 Å². The molecule has 0 aromatic carbocycles. The Morgan fingerprint density at radius 1 is 1.26 bits per heavy atom. The smallest absolute Gasteiger partial charge is 0.129 e. The zero-order valence-corrected chi connectivity index (χ0v) is 17.4. The van der Waals surface area contributed by atoms with Gasteiger partial charge in [0.1, 0.15) is 5.83 Å². The summed E-state index contributed by atoms with van der Waals surface area (Å²) in [7, 11) is 4.07. The highest BCUT2D eigenvalue weighted by Crippen LogP contribution is 2.51. The quantitative estimate of drug-likeness (QED) is 0.647. The highest BCUT2D eigenvalue weighted by Gasteiger charge is 2.32. The van der Waals surface area contributed by atoms with Crippen LogP contribution in [-0.4, -0.2) is 49.8 Å². The summed E-state index contributed by atoms with van der Waals surface area (Å²) in [5, 5.41) is 3.02. The molecule has 0 amide bonds. The van der Waals surface area contributed by atoms with E-state index in [2.05, 4.69) is 34.4 Å². The molecule has 2 heterocycles. The molecule has 0 saturated heterocycles. The van der Waals surface area contributed by atoms with Gasteiger partial charge in [-0.25, -0.2) is 4.39 Å². The maximum Gasteiger partial charge on any atom is 0.129 e. The highest BCUT2D eigenvalue weighted by molar-refractivity contribution is 8.17. The van der Waals surface area contributed by atoms with Crippen molar-refractivity contribution in [3.05, 3.63) is 67.6 Å². The van der Waals surface area contributed by atoms with Crippen LogP contribution in [0.25, 0.3) is 0 Å². The summed E-state index contributed by atoms with van der Waals surface area (Å²) in [6.45, 7) is 3.79. The summed E-state index contributed by atoms with van der Waals surface area (Å²) in [6, 6.07) is 0. The fourth-order valence-electron chi connectivity index (χ4n) is 3.58. The van der Waals surface area contributed by atoms with Gasteiger partial charge in [0.15, 0.2) is 0 Å². The van der Waals surface area contributed by atoms with Crippen LogP contribution in [0.1, 0.15) is 13.3 Å². The standard InChI is InChI=1S/C21H23FN2OS2/c1-13(11-24(2)3)25-12-19-23-10-17-18(22)7-6-15-16(21(17)27-19)9-14-5-4-8-26-20(14)15/h4-8,13H,9-12H2,1-3H3. The number of hydrogen-bond acceptors (Lipinski definition) is 5. The Kier molecular flexibility index (Phi) is 5.60. The molecule has 0 aromatic rings. The van der Waals surface area contributed by atoms with Gasteiger partial charge in [-0.2, -0.15) is 0 Å². The second-order valence-electron chi connectivity index (χ2n) is 7.22. The number of allylic oxidation sites excluding steroid dienone is 8. The Morgan fingerprint density at radius 2 is 2.11 bits per heavy atom. The van der Waals surface area contributed by atoms with E-state index in [0.717, 1.165) is 28.5 Å². The van der Waals surface area contributed by atoms with Gasteiger partial charge < -0.3 is 9.64 Å². The first-order chi connectivity index (χ1) is 13.0. The Bertz CT molecular complexity index is 875. The third-order valence-corrected chi connectivity index (χ3v) is 6.96. The molecule has 2 aliphatic carbocycles. The van der Waals surface area contributed by atoms with Crippen molar-refractivity contribution in [1.82, 2.24) is 4.90 Å². The summed E-state index contributed by atoms with van der Waals surface area (Å²) >= 11 is 3.30. The molecule has 2 aliphatic heterocycles. The lowest BCUT2D eigenvalue weighted by atomic mass is 10.1. The van der Waals surface area contributed by atoms with Gasteiger partial charge >= 0.3 is 0 Å². The van der Waals surface area contributed by atoms with Crippen LogP contribution in [0.2, 0.25) is 0 Å². The molecular weight excluding hydrogens is 379 g/mol. The average Bonchev–Trinajstić information content (AvgIpc) is 2.96. The number of nitrogens with zero attached hydrogens (tertiary/aromatic N) is 2. The molecule has 6 heteroatoms. The van der Waals surface area contributed by atoms with Crippen LogP contribution < -0.4 is 0 Å². The van der Waals surface area contributed by atoms with E-state index in [-0.39, 0.29) is 11.9 Å². The fraction of sp³-hybridized carbons (Fsp3) is 0.381. The topological polar surface area (TPSA) is 24.8 Å². The first-order valence-electron chi connectivity index (χ1n) is 9.08. The van der Waals surface area contributed by atoms with Crippen LogP contribution in [0, 0.1) is 0 Å². The van der Waals surface area contributed by atoms with E-state index in [4.69, 9.17) is 4.74 Å². The molecule has 3 nitrogen and oxygen atoms in total. The lowest BCUT2D eigenvalue weighted by Crippen LogP contribution is -2.27. The molecule has 1 atom stereocenters. The van der Waals surface area contributed by atoms with E-state index in [9.17, 15) is 4.39 Å². The molecule has 0 bridgehead atoms. The molecular formula is C21H23FN2OS2. The number of thioether (sulfide) groups is 2. The minimum atomic E-state index is -0.168. The molecule has 0 fully saturated rings. The molecule has 0 radical (unpaired) electrons. The Hall–Kier alpha value is -1.34. The predicted molar refractivity (Wildman–Crippen MR) is 115 cm³/mol. The van der Waals surface area contributed by atoms with Gasteiger partial charge in [0.2, 0.25) is 0 Å². The van der Waals surface area contributed by atoms with Gasteiger partial charge in [0, 0.05) is 28.3 Å². The fourth-order valence-corrected chi connectivity index (χ4v) is 5.57. The lowest BCUT2D eigenvalue weighted by molar-refractivity contribution is 0.0751. The largest absolute Gasteiger partial charge is 0.370 e. The molecule has 142 valence electrons. The number of likely N-dealkylation sites (N-methyl/N-ethyl adjacent to an activating group) is 1. The summed E-state index contributed by atoms with van der Waals surface area (Å²) in [4.78, 5) is 8.98. The van der Waals surface area contributed by atoms with Gasteiger partial charge in [0.05, 0.1) is 24.3 Å². The number of aliphatic imine (C=N–C) groups is 1. The van der Waals surface area contributed by atoms with Crippen LogP contribution in [-0.2, 0) is 4.74 Å². The Morgan fingerprint density at radius 3 is 2.93 bits per heavy atom. The normalized spacial score (nSPS) is 22.6. The van der Waals surface area contributed by atoms with E-state index in [1.54, 1.807) is 29.6 Å². The van der Waals surface area contributed by atoms with Gasteiger partial charge in [-0.1, -0.05) is 41.8 Å². The molecule has 1 unspecified atom stereocenters. The zero-order valence-electron chi connectivity index (χ0n) is 15.8. The lowest BCUT2D eigenvalue weighted by Gasteiger charge is -2.22. The van der Waals surface area contributed by atoms with E-state index in [1.165, 1.54) is 16.1 Å². The highest BCUT2D eigenvalue weighted by atomic mass is 32.2.